The number of nitrogens with zero attached hydrogens (tertiary/aromatic N) is 1. The number of likely N-dealkylation sites (tertiary alicyclic amines) is 1. The molecule has 1 heterocycles. The molecule has 1 fully saturated rings. The van der Waals surface area contributed by atoms with Crippen molar-refractivity contribution in [3.05, 3.63) is 35.9 Å². The van der Waals surface area contributed by atoms with Crippen LogP contribution in [0.25, 0.3) is 0 Å². The third-order valence-electron chi connectivity index (χ3n) is 3.48. The highest BCUT2D eigenvalue weighted by Gasteiger charge is 2.20. The van der Waals surface area contributed by atoms with Crippen LogP contribution in [0.15, 0.2) is 30.3 Å². The van der Waals surface area contributed by atoms with Crippen molar-refractivity contribution in [2.24, 2.45) is 0 Å². The lowest BCUT2D eigenvalue weighted by Crippen LogP contribution is -2.45. The number of hydrogen-bond acceptors (Lipinski definition) is 3. The first kappa shape index (κ1) is 14.0. The number of ether oxygens (including phenoxy) is 1. The molecule has 1 amide bonds. The number of piperidine rings is 1. The van der Waals surface area contributed by atoms with Gasteiger partial charge in [-0.15, -0.1) is 0 Å². The fourth-order valence-electron chi connectivity index (χ4n) is 2.48. The van der Waals surface area contributed by atoms with Gasteiger partial charge in [-0.2, -0.15) is 0 Å². The number of methoxy groups -OCH3 is 1. The van der Waals surface area contributed by atoms with Crippen LogP contribution in [-0.2, 0) is 16.1 Å². The molecule has 0 unspecified atom stereocenters. The van der Waals surface area contributed by atoms with E-state index in [1.165, 1.54) is 5.56 Å². The smallest absolute Gasteiger partial charge is 0.246 e. The van der Waals surface area contributed by atoms with E-state index in [9.17, 15) is 4.79 Å². The molecule has 1 N–H and O–H groups in total. The van der Waals surface area contributed by atoms with Gasteiger partial charge in [0.1, 0.15) is 6.61 Å². The maximum Gasteiger partial charge on any atom is 0.246 e. The maximum atomic E-state index is 11.4. The summed E-state index contributed by atoms with van der Waals surface area (Å²) in [4.78, 5) is 13.9. The van der Waals surface area contributed by atoms with Crippen LogP contribution in [-0.4, -0.2) is 43.7 Å². The van der Waals surface area contributed by atoms with E-state index in [2.05, 4.69) is 34.5 Å². The Balaban J connectivity index is 1.72. The van der Waals surface area contributed by atoms with Gasteiger partial charge in [-0.3, -0.25) is 9.69 Å². The number of hydrogen-bond donors (Lipinski definition) is 1. The van der Waals surface area contributed by atoms with Crippen LogP contribution in [0, 0.1) is 0 Å². The van der Waals surface area contributed by atoms with Crippen molar-refractivity contribution < 1.29 is 9.53 Å². The summed E-state index contributed by atoms with van der Waals surface area (Å²) in [5.74, 6) is -0.0102. The van der Waals surface area contributed by atoms with Gasteiger partial charge in [-0.05, 0) is 18.4 Å². The number of nitrogens with one attached hydrogen (secondary N) is 1. The summed E-state index contributed by atoms with van der Waals surface area (Å²) < 4.78 is 4.82. The van der Waals surface area contributed by atoms with Crippen LogP contribution >= 0.6 is 0 Å². The lowest BCUT2D eigenvalue weighted by molar-refractivity contribution is -0.125. The third kappa shape index (κ3) is 4.65. The van der Waals surface area contributed by atoms with Crippen molar-refractivity contribution in [2.45, 2.75) is 25.4 Å². The number of benzene rings is 1. The van der Waals surface area contributed by atoms with E-state index in [4.69, 9.17) is 4.74 Å². The van der Waals surface area contributed by atoms with Crippen molar-refractivity contribution in [3.63, 3.8) is 0 Å². The number of amides is 1. The van der Waals surface area contributed by atoms with Crippen LogP contribution in [0.2, 0.25) is 0 Å². The Kier molecular flexibility index (Phi) is 5.36. The topological polar surface area (TPSA) is 41.6 Å². The van der Waals surface area contributed by atoms with Gasteiger partial charge in [-0.25, -0.2) is 0 Å². The second-order valence-corrected chi connectivity index (χ2v) is 5.04. The van der Waals surface area contributed by atoms with E-state index in [0.29, 0.717) is 6.04 Å². The van der Waals surface area contributed by atoms with Gasteiger partial charge < -0.3 is 10.1 Å². The monoisotopic (exact) mass is 262 g/mol. The van der Waals surface area contributed by atoms with Crippen molar-refractivity contribution in [1.82, 2.24) is 10.2 Å². The van der Waals surface area contributed by atoms with Crippen molar-refractivity contribution in [1.29, 1.82) is 0 Å². The second-order valence-electron chi connectivity index (χ2n) is 5.04. The van der Waals surface area contributed by atoms with Crippen molar-refractivity contribution in [3.8, 4) is 0 Å². The summed E-state index contributed by atoms with van der Waals surface area (Å²) in [7, 11) is 1.54. The van der Waals surface area contributed by atoms with E-state index in [1.54, 1.807) is 7.11 Å². The minimum atomic E-state index is -0.0102. The number of carbonyl (C=O) groups excluding carboxylic acids is 1. The molecular weight excluding hydrogens is 240 g/mol. The molecule has 0 aliphatic carbocycles. The van der Waals surface area contributed by atoms with Crippen LogP contribution in [0.5, 0.6) is 0 Å². The Labute approximate surface area is 114 Å². The number of rotatable bonds is 5. The van der Waals surface area contributed by atoms with Crippen LogP contribution in [0.1, 0.15) is 18.4 Å². The lowest BCUT2D eigenvalue weighted by Gasteiger charge is -2.32. The van der Waals surface area contributed by atoms with Crippen molar-refractivity contribution >= 4 is 5.91 Å². The largest absolute Gasteiger partial charge is 0.375 e. The average molecular weight is 262 g/mol. The summed E-state index contributed by atoms with van der Waals surface area (Å²) in [6.07, 6.45) is 2.03. The fourth-order valence-corrected chi connectivity index (χ4v) is 2.48. The highest BCUT2D eigenvalue weighted by Crippen LogP contribution is 2.13. The predicted molar refractivity (Wildman–Crippen MR) is 74.8 cm³/mol. The van der Waals surface area contributed by atoms with Gasteiger partial charge in [0, 0.05) is 32.8 Å². The molecule has 0 bridgehead atoms. The molecule has 4 heteroatoms. The zero-order valence-electron chi connectivity index (χ0n) is 11.5. The molecule has 0 aromatic heterocycles. The molecule has 19 heavy (non-hydrogen) atoms. The summed E-state index contributed by atoms with van der Waals surface area (Å²) in [5.41, 5.74) is 1.35. The molecule has 0 spiro atoms. The first-order valence-corrected chi connectivity index (χ1v) is 6.82. The molecule has 104 valence electrons. The Morgan fingerprint density at radius 1 is 1.32 bits per heavy atom. The molecule has 0 saturated carbocycles. The molecular formula is C15H22N2O2. The SMILES string of the molecule is COCC(=O)NC1CCN(Cc2ccccc2)CC1. The van der Waals surface area contributed by atoms with E-state index in [-0.39, 0.29) is 12.5 Å². The van der Waals surface area contributed by atoms with E-state index >= 15 is 0 Å². The minimum absolute atomic E-state index is 0.0102. The molecule has 1 aliphatic heterocycles. The Bertz CT molecular complexity index is 386. The molecule has 1 saturated heterocycles. The molecule has 1 aromatic carbocycles. The van der Waals surface area contributed by atoms with Crippen molar-refractivity contribution in [2.75, 3.05) is 26.8 Å². The normalized spacial score (nSPS) is 17.3. The van der Waals surface area contributed by atoms with Gasteiger partial charge in [-0.1, -0.05) is 30.3 Å². The minimum Gasteiger partial charge on any atom is -0.375 e. The lowest BCUT2D eigenvalue weighted by atomic mass is 10.0. The molecule has 2 rings (SSSR count). The fraction of sp³-hybridized carbons (Fsp3) is 0.533. The average Bonchev–Trinajstić information content (AvgIpc) is 2.42. The summed E-state index contributed by atoms with van der Waals surface area (Å²) >= 11 is 0. The van der Waals surface area contributed by atoms with Crippen LogP contribution < -0.4 is 5.32 Å². The predicted octanol–water partition coefficient (Wildman–Crippen LogP) is 1.41. The van der Waals surface area contributed by atoms with E-state index in [0.717, 1.165) is 32.5 Å². The Morgan fingerprint density at radius 2 is 2.00 bits per heavy atom. The molecule has 0 radical (unpaired) electrons. The first-order valence-electron chi connectivity index (χ1n) is 6.82. The Morgan fingerprint density at radius 3 is 2.63 bits per heavy atom. The van der Waals surface area contributed by atoms with E-state index in [1.807, 2.05) is 6.07 Å². The quantitative estimate of drug-likeness (QED) is 0.872. The van der Waals surface area contributed by atoms with Gasteiger partial charge in [0.2, 0.25) is 5.91 Å². The maximum absolute atomic E-state index is 11.4. The van der Waals surface area contributed by atoms with Gasteiger partial charge >= 0.3 is 0 Å². The molecule has 1 aromatic rings. The van der Waals surface area contributed by atoms with Crippen LogP contribution in [0.3, 0.4) is 0 Å². The summed E-state index contributed by atoms with van der Waals surface area (Å²) in [6.45, 7) is 3.23. The highest BCUT2D eigenvalue weighted by molar-refractivity contribution is 5.77. The first-order chi connectivity index (χ1) is 9.28. The van der Waals surface area contributed by atoms with Gasteiger partial charge in [0.05, 0.1) is 0 Å². The Hall–Kier alpha value is -1.39. The van der Waals surface area contributed by atoms with E-state index < -0.39 is 0 Å². The molecule has 4 nitrogen and oxygen atoms in total. The number of carbonyl (C=O) groups is 1. The standard InChI is InChI=1S/C15H22N2O2/c1-19-12-15(18)16-14-7-9-17(10-8-14)11-13-5-3-2-4-6-13/h2-6,14H,7-12H2,1H3,(H,16,18). The summed E-state index contributed by atoms with van der Waals surface area (Å²) in [5, 5.41) is 3.01. The molecule has 0 atom stereocenters. The molecule has 1 aliphatic rings. The van der Waals surface area contributed by atoms with Gasteiger partial charge in [0.15, 0.2) is 0 Å². The zero-order chi connectivity index (χ0) is 13.5. The highest BCUT2D eigenvalue weighted by atomic mass is 16.5. The zero-order valence-corrected chi connectivity index (χ0v) is 11.5. The van der Waals surface area contributed by atoms with Crippen LogP contribution in [0.4, 0.5) is 0 Å². The third-order valence-corrected chi connectivity index (χ3v) is 3.48. The second kappa shape index (κ2) is 7.26. The van der Waals surface area contributed by atoms with Gasteiger partial charge in [0.25, 0.3) is 0 Å². The summed E-state index contributed by atoms with van der Waals surface area (Å²) in [6, 6.07) is 10.8.